The van der Waals surface area contributed by atoms with E-state index in [1.165, 1.54) is 13.8 Å². The van der Waals surface area contributed by atoms with Gasteiger partial charge in [-0.05, 0) is 13.8 Å². The fourth-order valence-corrected chi connectivity index (χ4v) is 5.96. The average molecular weight is 608 g/mol. The zero-order valence-corrected chi connectivity index (χ0v) is 18.8. The highest BCUT2D eigenvalue weighted by Gasteiger charge is 2.65. The van der Waals surface area contributed by atoms with Crippen molar-refractivity contribution in [2.24, 2.45) is 0 Å². The lowest BCUT2D eigenvalue weighted by Crippen LogP contribution is -2.65. The molecule has 2 saturated heterocycles. The van der Waals surface area contributed by atoms with Gasteiger partial charge in [0.2, 0.25) is 5.79 Å². The van der Waals surface area contributed by atoms with Crippen LogP contribution in [0.5, 0.6) is 0 Å². The van der Waals surface area contributed by atoms with Gasteiger partial charge in [-0.2, -0.15) is 0 Å². The number of aliphatic carboxylic acids is 1. The van der Waals surface area contributed by atoms with Gasteiger partial charge >= 0.3 is 5.97 Å². The van der Waals surface area contributed by atoms with Crippen LogP contribution in [0.3, 0.4) is 0 Å². The predicted molar refractivity (Wildman–Crippen MR) is 95.5 cm³/mol. The Kier molecular flexibility index (Phi) is 6.51. The van der Waals surface area contributed by atoms with Crippen molar-refractivity contribution in [3.63, 3.8) is 0 Å². The largest absolute Gasteiger partial charge is 0.477 e. The van der Waals surface area contributed by atoms with Crippen molar-refractivity contribution in [1.82, 2.24) is 0 Å². The second-order valence-corrected chi connectivity index (χ2v) is 11.9. The maximum atomic E-state index is 11.5. The molecule has 4 atom stereocenters. The first kappa shape index (κ1) is 21.5. The molecule has 0 saturated carbocycles. The van der Waals surface area contributed by atoms with Crippen LogP contribution in [-0.4, -0.2) is 71.0 Å². The van der Waals surface area contributed by atoms with Crippen LogP contribution in [0.4, 0.5) is 0 Å². The number of carboxylic acid groups (broad SMARTS) is 1. The highest BCUT2D eigenvalue weighted by molar-refractivity contribution is 9.25. The summed E-state index contributed by atoms with van der Waals surface area (Å²) in [5, 5.41) is 30.1. The lowest BCUT2D eigenvalue weighted by molar-refractivity contribution is -0.330. The highest BCUT2D eigenvalue weighted by Crippen LogP contribution is 2.46. The van der Waals surface area contributed by atoms with E-state index >= 15 is 0 Å². The van der Waals surface area contributed by atoms with Crippen molar-refractivity contribution in [3.8, 4) is 0 Å². The molecule has 0 aliphatic carbocycles. The maximum Gasteiger partial charge on any atom is 0.367 e. The van der Waals surface area contributed by atoms with Gasteiger partial charge < -0.3 is 34.3 Å². The SMILES string of the molecule is CC1(C)O[C@@H]([C@@H]2OC(C(Br)Br)(C(Br)Br)OC[C@@H]2O)[C@@](O)(C(=O)O)O1. The maximum absolute atomic E-state index is 11.5. The molecule has 0 spiro atoms. The summed E-state index contributed by atoms with van der Waals surface area (Å²) in [5.41, 5.74) is 0. The van der Waals surface area contributed by atoms with Crippen LogP contribution in [0.15, 0.2) is 0 Å². The fraction of sp³-hybridized carbons (Fsp3) is 0.917. The molecule has 2 aliphatic heterocycles. The minimum Gasteiger partial charge on any atom is -0.477 e. The molecule has 2 aliphatic rings. The molecule has 3 N–H and O–H groups in total. The zero-order valence-electron chi connectivity index (χ0n) is 12.5. The lowest BCUT2D eigenvalue weighted by atomic mass is 9.99. The quantitative estimate of drug-likeness (QED) is 0.413. The second-order valence-electron chi connectivity index (χ2n) is 5.83. The number of aliphatic hydroxyl groups is 2. The Bertz CT molecular complexity index is 493. The molecule has 24 heavy (non-hydrogen) atoms. The number of carboxylic acids is 1. The van der Waals surface area contributed by atoms with E-state index in [1.807, 2.05) is 0 Å². The Morgan fingerprint density at radius 3 is 2.17 bits per heavy atom. The van der Waals surface area contributed by atoms with Gasteiger partial charge in [0.25, 0.3) is 5.79 Å². The van der Waals surface area contributed by atoms with Crippen LogP contribution in [-0.2, 0) is 23.7 Å². The van der Waals surface area contributed by atoms with Crippen molar-refractivity contribution < 1.29 is 39.1 Å². The molecule has 0 aromatic carbocycles. The van der Waals surface area contributed by atoms with Crippen molar-refractivity contribution >= 4 is 69.7 Å². The Morgan fingerprint density at radius 2 is 1.71 bits per heavy atom. The van der Waals surface area contributed by atoms with E-state index in [4.69, 9.17) is 18.9 Å². The van der Waals surface area contributed by atoms with E-state index in [9.17, 15) is 20.1 Å². The van der Waals surface area contributed by atoms with E-state index in [2.05, 4.69) is 63.7 Å². The summed E-state index contributed by atoms with van der Waals surface area (Å²) in [7, 11) is 0. The first-order valence-electron chi connectivity index (χ1n) is 6.75. The molecule has 0 bridgehead atoms. The van der Waals surface area contributed by atoms with E-state index in [-0.39, 0.29) is 6.61 Å². The Labute approximate surface area is 171 Å². The molecule has 2 fully saturated rings. The van der Waals surface area contributed by atoms with Gasteiger partial charge in [0.05, 0.1) is 6.61 Å². The van der Waals surface area contributed by atoms with Crippen LogP contribution >= 0.6 is 63.7 Å². The van der Waals surface area contributed by atoms with Gasteiger partial charge in [-0.3, -0.25) is 0 Å². The molecule has 0 unspecified atom stereocenters. The molecule has 140 valence electrons. The van der Waals surface area contributed by atoms with Gasteiger partial charge in [-0.1, -0.05) is 63.7 Å². The molecule has 12 heteroatoms. The number of halogens is 4. The molecule has 0 amide bonds. The number of aliphatic hydroxyl groups excluding tert-OH is 1. The third kappa shape index (κ3) is 3.73. The highest BCUT2D eigenvalue weighted by atomic mass is 79.9. The van der Waals surface area contributed by atoms with E-state index < -0.39 is 49.1 Å². The lowest BCUT2D eigenvalue weighted by Gasteiger charge is -2.47. The monoisotopic (exact) mass is 604 g/mol. The normalized spacial score (nSPS) is 38.7. The Hall–Kier alpha value is 1.15. The number of rotatable bonds is 4. The number of ether oxygens (including phenoxy) is 4. The van der Waals surface area contributed by atoms with E-state index in [0.717, 1.165) is 0 Å². The van der Waals surface area contributed by atoms with Crippen molar-refractivity contribution in [2.45, 2.75) is 57.0 Å². The molecule has 0 radical (unpaired) electrons. The summed E-state index contributed by atoms with van der Waals surface area (Å²) in [5.74, 6) is -7.07. The van der Waals surface area contributed by atoms with Crippen LogP contribution in [0.2, 0.25) is 0 Å². The molecule has 2 heterocycles. The number of alkyl halides is 4. The summed E-state index contributed by atoms with van der Waals surface area (Å²) >= 11 is 13.2. The number of hydrogen-bond donors (Lipinski definition) is 3. The van der Waals surface area contributed by atoms with Gasteiger partial charge in [-0.15, -0.1) is 0 Å². The average Bonchev–Trinajstić information content (AvgIpc) is 2.70. The first-order chi connectivity index (χ1) is 10.9. The topological polar surface area (TPSA) is 115 Å². The molecular weight excluding hydrogens is 592 g/mol. The van der Waals surface area contributed by atoms with Crippen LogP contribution in [0, 0.1) is 0 Å². The molecular formula is C12H16Br4O8. The number of carbonyl (C=O) groups is 1. The van der Waals surface area contributed by atoms with Crippen molar-refractivity contribution in [1.29, 1.82) is 0 Å². The fourth-order valence-electron chi connectivity index (χ4n) is 2.52. The van der Waals surface area contributed by atoms with Crippen LogP contribution in [0.1, 0.15) is 13.8 Å². The van der Waals surface area contributed by atoms with E-state index in [1.54, 1.807) is 0 Å². The molecule has 8 nitrogen and oxygen atoms in total. The summed E-state index contributed by atoms with van der Waals surface area (Å²) in [6.45, 7) is 2.73. The first-order valence-corrected chi connectivity index (χ1v) is 10.4. The standard InChI is InChI=1S/C12H16Br4O8/c1-10(2)23-6(11(20,24-10)9(18)19)5-4(17)3-21-12(22-5,7(13)14)8(15)16/h4-8,17,20H,3H2,1-2H3,(H,18,19)/t4-,5+,6-,11-/m0/s1. The van der Waals surface area contributed by atoms with Crippen molar-refractivity contribution in [3.05, 3.63) is 0 Å². The van der Waals surface area contributed by atoms with Crippen LogP contribution < -0.4 is 0 Å². The molecule has 2 rings (SSSR count). The Morgan fingerprint density at radius 1 is 1.17 bits per heavy atom. The van der Waals surface area contributed by atoms with Gasteiger partial charge in [-0.25, -0.2) is 4.79 Å². The minimum absolute atomic E-state index is 0.179. The summed E-state index contributed by atoms with van der Waals surface area (Å²) < 4.78 is 21.0. The third-order valence-electron chi connectivity index (χ3n) is 3.59. The van der Waals surface area contributed by atoms with E-state index in [0.29, 0.717) is 0 Å². The third-order valence-corrected chi connectivity index (χ3v) is 6.14. The van der Waals surface area contributed by atoms with Crippen molar-refractivity contribution in [2.75, 3.05) is 6.61 Å². The van der Waals surface area contributed by atoms with Gasteiger partial charge in [0.1, 0.15) is 19.7 Å². The zero-order chi connectivity index (χ0) is 18.5. The minimum atomic E-state index is -2.68. The van der Waals surface area contributed by atoms with Gasteiger partial charge in [0.15, 0.2) is 11.9 Å². The second kappa shape index (κ2) is 7.28. The smallest absolute Gasteiger partial charge is 0.367 e. The summed E-state index contributed by atoms with van der Waals surface area (Å²) in [4.78, 5) is 11.5. The molecule has 0 aromatic rings. The number of hydrogen-bond acceptors (Lipinski definition) is 7. The summed E-state index contributed by atoms with van der Waals surface area (Å²) in [6, 6.07) is 0. The van der Waals surface area contributed by atoms with Gasteiger partial charge in [0, 0.05) is 0 Å². The summed E-state index contributed by atoms with van der Waals surface area (Å²) in [6.07, 6.45) is -3.97. The predicted octanol–water partition coefficient (Wildman–Crippen LogP) is 1.62. The molecule has 0 aromatic heterocycles. The Balaban J connectivity index is 2.39. The van der Waals surface area contributed by atoms with Crippen LogP contribution in [0.25, 0.3) is 0 Å².